The van der Waals surface area contributed by atoms with Crippen molar-refractivity contribution >= 4 is 22.1 Å². The summed E-state index contributed by atoms with van der Waals surface area (Å²) >= 11 is 0. The largest absolute Gasteiger partial charge is 0.569 e. The van der Waals surface area contributed by atoms with Gasteiger partial charge in [0, 0.05) is 18.9 Å². The first-order valence-electron chi connectivity index (χ1n) is 12.8. The number of methoxy groups -OCH3 is 1. The third kappa shape index (κ3) is 9.06. The number of hydrazine groups is 1. The van der Waals surface area contributed by atoms with Gasteiger partial charge in [0.05, 0.1) is 41.9 Å². The number of halogens is 3. The van der Waals surface area contributed by atoms with Crippen LogP contribution in [0.3, 0.4) is 0 Å². The summed E-state index contributed by atoms with van der Waals surface area (Å²) < 4.78 is 77.7. The minimum atomic E-state index is -4.71. The molecule has 0 spiro atoms. The van der Waals surface area contributed by atoms with Gasteiger partial charge in [0.25, 0.3) is 16.3 Å². The van der Waals surface area contributed by atoms with E-state index in [1.54, 1.807) is 24.3 Å². The quantitative estimate of drug-likeness (QED) is 0.0988. The van der Waals surface area contributed by atoms with Gasteiger partial charge in [-0.25, -0.2) is 22.6 Å². The molecule has 0 saturated carbocycles. The summed E-state index contributed by atoms with van der Waals surface area (Å²) in [4.78, 5) is 27.7. The molecule has 0 bridgehead atoms. The van der Waals surface area contributed by atoms with Crippen molar-refractivity contribution in [3.8, 4) is 16.9 Å². The Labute approximate surface area is 250 Å². The molecule has 1 N–H and O–H groups in total. The van der Waals surface area contributed by atoms with Gasteiger partial charge in [-0.1, -0.05) is 29.8 Å². The van der Waals surface area contributed by atoms with E-state index < -0.39 is 40.2 Å². The van der Waals surface area contributed by atoms with Gasteiger partial charge in [0.1, 0.15) is 0 Å². The number of rotatable bonds is 12. The van der Waals surface area contributed by atoms with E-state index in [-0.39, 0.29) is 40.6 Å². The number of aromatic nitrogens is 2. The van der Waals surface area contributed by atoms with Crippen molar-refractivity contribution in [3.05, 3.63) is 71.1 Å². The Morgan fingerprint density at radius 3 is 2.39 bits per heavy atom. The normalized spacial score (nSPS) is 12.8. The molecule has 3 aromatic rings. The van der Waals surface area contributed by atoms with Gasteiger partial charge in [0.15, 0.2) is 5.69 Å². The number of amides is 1. The SMILES string of the molecule is COC(=O)OC(C)O/N=[N+](\[O-])N(C)CCCC(=O)NS(=O)(=O)c1ccc(-n2nc(C(F)(F)F)cc2-c2ccc(C)cc2)cc1. The monoisotopic (exact) mass is 642 g/mol. The molecule has 1 atom stereocenters. The van der Waals surface area contributed by atoms with Crippen LogP contribution in [0.5, 0.6) is 0 Å². The molecule has 1 amide bonds. The zero-order chi connectivity index (χ0) is 32.7. The summed E-state index contributed by atoms with van der Waals surface area (Å²) in [6.45, 7) is 3.09. The molecular weight excluding hydrogens is 613 g/mol. The molecule has 238 valence electrons. The second-order valence-electron chi connectivity index (χ2n) is 9.28. The molecule has 0 fully saturated rings. The third-order valence-corrected chi connectivity index (χ3v) is 7.25. The smallest absolute Gasteiger partial charge is 0.511 e. The molecule has 0 aliphatic carbocycles. The Balaban J connectivity index is 1.63. The molecule has 0 aliphatic rings. The first kappa shape index (κ1) is 33.6. The number of aryl methyl sites for hydroxylation is 1. The van der Waals surface area contributed by atoms with Crippen molar-refractivity contribution < 1.29 is 50.5 Å². The number of sulfonamides is 1. The molecule has 18 heteroatoms. The highest BCUT2D eigenvalue weighted by Crippen LogP contribution is 2.33. The van der Waals surface area contributed by atoms with Crippen molar-refractivity contribution in [1.29, 1.82) is 0 Å². The lowest BCUT2D eigenvalue weighted by molar-refractivity contribution is -0.707. The zero-order valence-electron chi connectivity index (χ0n) is 23.9. The number of hydrogen-bond donors (Lipinski definition) is 1. The molecule has 1 heterocycles. The molecular formula is C26H29F3N6O8S. The van der Waals surface area contributed by atoms with Crippen molar-refractivity contribution in [2.75, 3.05) is 20.7 Å². The predicted octanol–water partition coefficient (Wildman–Crippen LogP) is 4.32. The van der Waals surface area contributed by atoms with E-state index in [2.05, 4.69) is 24.7 Å². The third-order valence-electron chi connectivity index (χ3n) is 5.86. The van der Waals surface area contributed by atoms with Gasteiger partial charge < -0.3 is 14.7 Å². The van der Waals surface area contributed by atoms with Crippen molar-refractivity contribution in [2.45, 2.75) is 44.1 Å². The predicted molar refractivity (Wildman–Crippen MR) is 146 cm³/mol. The number of alkyl halides is 3. The van der Waals surface area contributed by atoms with Crippen LogP contribution < -0.4 is 4.72 Å². The Morgan fingerprint density at radius 2 is 1.80 bits per heavy atom. The lowest BCUT2D eigenvalue weighted by Gasteiger charge is -2.14. The molecule has 0 radical (unpaired) electrons. The minimum absolute atomic E-state index is 0.0299. The fourth-order valence-electron chi connectivity index (χ4n) is 3.60. The number of nitrogens with one attached hydrogen (secondary N) is 1. The van der Waals surface area contributed by atoms with Gasteiger partial charge >= 0.3 is 12.3 Å². The second-order valence-corrected chi connectivity index (χ2v) is 11.0. The van der Waals surface area contributed by atoms with Gasteiger partial charge in [0.2, 0.25) is 11.2 Å². The fourth-order valence-corrected chi connectivity index (χ4v) is 4.61. The topological polar surface area (TPSA) is 167 Å². The van der Waals surface area contributed by atoms with Gasteiger partial charge in [-0.3, -0.25) is 9.63 Å². The van der Waals surface area contributed by atoms with Crippen molar-refractivity contribution in [3.63, 3.8) is 0 Å². The lowest BCUT2D eigenvalue weighted by atomic mass is 10.1. The fraction of sp³-hybridized carbons (Fsp3) is 0.346. The molecule has 1 aromatic heterocycles. The average Bonchev–Trinajstić information content (AvgIpc) is 3.42. The van der Waals surface area contributed by atoms with E-state index in [4.69, 9.17) is 0 Å². The Kier molecular flexibility index (Phi) is 10.8. The second kappa shape index (κ2) is 14.1. The number of ether oxygens (including phenoxy) is 2. The van der Waals surface area contributed by atoms with E-state index in [0.29, 0.717) is 5.56 Å². The molecule has 0 aliphatic heterocycles. The van der Waals surface area contributed by atoms with E-state index in [1.807, 2.05) is 11.6 Å². The van der Waals surface area contributed by atoms with E-state index in [0.717, 1.165) is 40.6 Å². The lowest BCUT2D eigenvalue weighted by Crippen LogP contribution is -2.32. The Hall–Kier alpha value is -4.87. The highest BCUT2D eigenvalue weighted by Gasteiger charge is 2.35. The van der Waals surface area contributed by atoms with Crippen LogP contribution in [0.2, 0.25) is 0 Å². The number of hydrogen-bond acceptors (Lipinski definition) is 10. The highest BCUT2D eigenvalue weighted by molar-refractivity contribution is 7.90. The summed E-state index contributed by atoms with van der Waals surface area (Å²) in [6, 6.07) is 12.5. The minimum Gasteiger partial charge on any atom is -0.569 e. The summed E-state index contributed by atoms with van der Waals surface area (Å²) in [7, 11) is -1.92. The van der Waals surface area contributed by atoms with Crippen molar-refractivity contribution in [2.24, 2.45) is 5.28 Å². The Bertz CT molecular complexity index is 1590. The molecule has 44 heavy (non-hydrogen) atoms. The van der Waals surface area contributed by atoms with Crippen LogP contribution in [0.25, 0.3) is 16.9 Å². The molecule has 1 unspecified atom stereocenters. The molecule has 3 rings (SSSR count). The number of carbonyl (C=O) groups excluding carboxylic acids is 2. The number of carbonyl (C=O) groups is 2. The van der Waals surface area contributed by atoms with Crippen LogP contribution in [0.4, 0.5) is 18.0 Å². The zero-order valence-corrected chi connectivity index (χ0v) is 24.8. The maximum Gasteiger partial charge on any atom is 0.511 e. The average molecular weight is 643 g/mol. The molecule has 0 saturated heterocycles. The maximum absolute atomic E-state index is 13.5. The number of nitrogens with zero attached hydrogens (tertiary/aromatic N) is 5. The van der Waals surface area contributed by atoms with Crippen LogP contribution in [-0.2, 0) is 35.3 Å². The van der Waals surface area contributed by atoms with Crippen LogP contribution in [0, 0.1) is 12.1 Å². The van der Waals surface area contributed by atoms with Crippen LogP contribution in [0.15, 0.2) is 64.8 Å². The van der Waals surface area contributed by atoms with Crippen LogP contribution in [-0.4, -0.2) is 67.2 Å². The molecule has 2 aromatic carbocycles. The summed E-state index contributed by atoms with van der Waals surface area (Å²) in [5.74, 6) is -0.864. The van der Waals surface area contributed by atoms with Crippen LogP contribution in [0.1, 0.15) is 31.0 Å². The highest BCUT2D eigenvalue weighted by atomic mass is 32.2. The first-order valence-corrected chi connectivity index (χ1v) is 14.3. The first-order chi connectivity index (χ1) is 20.6. The Morgan fingerprint density at radius 1 is 1.16 bits per heavy atom. The van der Waals surface area contributed by atoms with Gasteiger partial charge in [-0.2, -0.15) is 18.3 Å². The van der Waals surface area contributed by atoms with Gasteiger partial charge in [-0.15, -0.1) is 5.01 Å². The van der Waals surface area contributed by atoms with Crippen molar-refractivity contribution in [1.82, 2.24) is 19.5 Å². The summed E-state index contributed by atoms with van der Waals surface area (Å²) in [5, 5.41) is 19.8. The summed E-state index contributed by atoms with van der Waals surface area (Å²) in [6.07, 6.45) is -7.21. The maximum atomic E-state index is 13.5. The van der Waals surface area contributed by atoms with Crippen LogP contribution >= 0.6 is 0 Å². The van der Waals surface area contributed by atoms with Gasteiger partial charge in [-0.05, 0) is 43.7 Å². The molecule has 14 nitrogen and oxygen atoms in total. The van der Waals surface area contributed by atoms with E-state index in [1.165, 1.54) is 26.1 Å². The summed E-state index contributed by atoms with van der Waals surface area (Å²) in [5.41, 5.74) is 0.562. The number of benzene rings is 2. The standard InChI is InChI=1S/C26H29F3N6O8S/c1-17-7-9-19(10-8-17)22-16-23(26(27,28)29)30-34(22)20-11-13-21(14-12-20)44(39,40)31-24(36)6-5-15-33(3)35(38)32-43-18(2)42-25(37)41-4/h7-14,16,18H,5-6,15H2,1-4H3,(H,31,36)/b35-32-. The van der Waals surface area contributed by atoms with E-state index in [9.17, 15) is 36.4 Å². The van der Waals surface area contributed by atoms with E-state index >= 15 is 0 Å².